The summed E-state index contributed by atoms with van der Waals surface area (Å²) in [5.41, 5.74) is 0. The summed E-state index contributed by atoms with van der Waals surface area (Å²) in [6.45, 7) is 0.0502. The smallest absolute Gasteiger partial charge is 0.221 e. The van der Waals surface area contributed by atoms with Crippen LogP contribution in [0, 0.1) is 0 Å². The molecule has 0 radical (unpaired) electrons. The summed E-state index contributed by atoms with van der Waals surface area (Å²) in [7, 11) is -3.49. The van der Waals surface area contributed by atoms with Crippen LogP contribution in [0.4, 0.5) is 0 Å². The molecule has 27 heavy (non-hydrogen) atoms. The molecule has 0 saturated heterocycles. The molecule has 0 bridgehead atoms. The van der Waals surface area contributed by atoms with E-state index in [4.69, 9.17) is 0 Å². The van der Waals surface area contributed by atoms with Crippen molar-refractivity contribution < 1.29 is 18.3 Å². The fourth-order valence-corrected chi connectivity index (χ4v) is 5.55. The number of hydrogen-bond donors (Lipinski definition) is 2. The van der Waals surface area contributed by atoms with Gasteiger partial charge in [-0.3, -0.25) is 4.79 Å². The molecule has 3 rings (SSSR count). The second-order valence-electron chi connectivity index (χ2n) is 5.88. The van der Waals surface area contributed by atoms with Crippen molar-refractivity contribution in [3.8, 4) is 9.75 Å². The monoisotopic (exact) mass is 421 g/mol. The first kappa shape index (κ1) is 19.8. The van der Waals surface area contributed by atoms with Crippen LogP contribution >= 0.6 is 22.7 Å². The topological polar surface area (TPSA) is 83.5 Å². The number of hydrogen-bond acceptors (Lipinski definition) is 6. The molecule has 1 atom stereocenters. The average molecular weight is 422 g/mol. The molecule has 0 spiro atoms. The molecule has 2 N–H and O–H groups in total. The number of aliphatic hydroxyl groups excluding tert-OH is 1. The van der Waals surface area contributed by atoms with Gasteiger partial charge in [0.15, 0.2) is 9.84 Å². The molecule has 0 aliphatic carbocycles. The Kier molecular flexibility index (Phi) is 6.43. The third-order valence-corrected chi connectivity index (χ3v) is 7.90. The Morgan fingerprint density at radius 3 is 2.52 bits per heavy atom. The van der Waals surface area contributed by atoms with Crippen molar-refractivity contribution in [2.24, 2.45) is 0 Å². The predicted octanol–water partition coefficient (Wildman–Crippen LogP) is 3.49. The SMILES string of the molecule is O=C(CCS(=O)(=O)c1ccccc1)NCC(O)c1ccc(-c2cccs2)s1. The van der Waals surface area contributed by atoms with E-state index in [0.29, 0.717) is 0 Å². The predicted molar refractivity (Wildman–Crippen MR) is 109 cm³/mol. The Labute approximate surface area is 166 Å². The number of aliphatic hydroxyl groups is 1. The number of amides is 1. The number of carbonyl (C=O) groups excluding carboxylic acids is 1. The maximum atomic E-state index is 12.2. The summed E-state index contributed by atoms with van der Waals surface area (Å²) in [6.07, 6.45) is -0.965. The zero-order valence-electron chi connectivity index (χ0n) is 14.4. The third kappa shape index (κ3) is 5.26. The van der Waals surface area contributed by atoms with Crippen molar-refractivity contribution in [1.29, 1.82) is 0 Å². The molecular weight excluding hydrogens is 402 g/mol. The Hall–Kier alpha value is -2.00. The van der Waals surface area contributed by atoms with Gasteiger partial charge in [-0.15, -0.1) is 22.7 Å². The van der Waals surface area contributed by atoms with Crippen molar-refractivity contribution >= 4 is 38.4 Å². The van der Waals surface area contributed by atoms with Crippen molar-refractivity contribution in [3.05, 3.63) is 64.9 Å². The maximum absolute atomic E-state index is 12.2. The minimum atomic E-state index is -3.49. The summed E-state index contributed by atoms with van der Waals surface area (Å²) >= 11 is 3.11. The van der Waals surface area contributed by atoms with Gasteiger partial charge in [-0.2, -0.15) is 0 Å². The molecule has 0 aliphatic heterocycles. The highest BCUT2D eigenvalue weighted by molar-refractivity contribution is 7.91. The Balaban J connectivity index is 1.49. The lowest BCUT2D eigenvalue weighted by molar-refractivity contribution is -0.121. The lowest BCUT2D eigenvalue weighted by atomic mass is 10.2. The molecule has 5 nitrogen and oxygen atoms in total. The van der Waals surface area contributed by atoms with Crippen LogP contribution in [0.15, 0.2) is 64.9 Å². The molecule has 0 fully saturated rings. The van der Waals surface area contributed by atoms with Crippen LogP contribution in [0.3, 0.4) is 0 Å². The minimum absolute atomic E-state index is 0.0502. The molecule has 1 amide bonds. The normalized spacial score (nSPS) is 12.6. The molecule has 0 aliphatic rings. The van der Waals surface area contributed by atoms with Crippen LogP contribution in [0.5, 0.6) is 0 Å². The summed E-state index contributed by atoms with van der Waals surface area (Å²) in [4.78, 5) is 15.1. The third-order valence-electron chi connectivity index (χ3n) is 3.91. The van der Waals surface area contributed by atoms with E-state index < -0.39 is 21.8 Å². The molecule has 2 aromatic heterocycles. The lowest BCUT2D eigenvalue weighted by Gasteiger charge is -2.10. The Morgan fingerprint density at radius 1 is 1.04 bits per heavy atom. The van der Waals surface area contributed by atoms with Gasteiger partial charge < -0.3 is 10.4 Å². The number of nitrogens with one attached hydrogen (secondary N) is 1. The van der Waals surface area contributed by atoms with Crippen molar-refractivity contribution in [1.82, 2.24) is 5.32 Å². The van der Waals surface area contributed by atoms with Crippen molar-refractivity contribution in [2.75, 3.05) is 12.3 Å². The van der Waals surface area contributed by atoms with Crippen LogP contribution in [0.25, 0.3) is 9.75 Å². The van der Waals surface area contributed by atoms with Gasteiger partial charge in [0.1, 0.15) is 6.10 Å². The van der Waals surface area contributed by atoms with Gasteiger partial charge in [-0.05, 0) is 35.7 Å². The highest BCUT2D eigenvalue weighted by Crippen LogP contribution is 2.33. The van der Waals surface area contributed by atoms with E-state index in [1.165, 1.54) is 23.5 Å². The summed E-state index contributed by atoms with van der Waals surface area (Å²) < 4.78 is 24.4. The number of carbonyl (C=O) groups is 1. The summed E-state index contributed by atoms with van der Waals surface area (Å²) in [5, 5.41) is 14.9. The zero-order chi connectivity index (χ0) is 19.3. The van der Waals surface area contributed by atoms with Crippen LogP contribution < -0.4 is 5.32 Å². The molecule has 3 aromatic rings. The van der Waals surface area contributed by atoms with E-state index in [1.807, 2.05) is 29.6 Å². The van der Waals surface area contributed by atoms with E-state index in [2.05, 4.69) is 5.32 Å². The van der Waals surface area contributed by atoms with E-state index in [9.17, 15) is 18.3 Å². The van der Waals surface area contributed by atoms with Crippen LogP contribution in [-0.4, -0.2) is 31.7 Å². The molecular formula is C19H19NO4S3. The van der Waals surface area contributed by atoms with Crippen molar-refractivity contribution in [3.63, 3.8) is 0 Å². The van der Waals surface area contributed by atoms with E-state index in [0.717, 1.165) is 14.6 Å². The standard InChI is InChI=1S/C19H19NO4S3/c21-15(16-8-9-18(26-16)17-7-4-11-25-17)13-20-19(22)10-12-27(23,24)14-5-2-1-3-6-14/h1-9,11,15,21H,10,12-13H2,(H,20,22). The van der Waals surface area contributed by atoms with Gasteiger partial charge in [-0.1, -0.05) is 24.3 Å². The Bertz CT molecular complexity index is 979. The van der Waals surface area contributed by atoms with E-state index in [-0.39, 0.29) is 23.6 Å². The van der Waals surface area contributed by atoms with Crippen LogP contribution in [-0.2, 0) is 14.6 Å². The quantitative estimate of drug-likeness (QED) is 0.583. The number of sulfone groups is 1. The number of rotatable bonds is 8. The molecule has 1 unspecified atom stereocenters. The summed E-state index contributed by atoms with van der Waals surface area (Å²) in [5.74, 6) is -0.663. The van der Waals surface area contributed by atoms with E-state index in [1.54, 1.807) is 29.5 Å². The fourth-order valence-electron chi connectivity index (χ4n) is 2.46. The fraction of sp³-hybridized carbons (Fsp3) is 0.211. The first-order valence-corrected chi connectivity index (χ1v) is 11.7. The first-order chi connectivity index (χ1) is 13.0. The van der Waals surface area contributed by atoms with Gasteiger partial charge in [-0.25, -0.2) is 8.42 Å². The number of benzene rings is 1. The summed E-state index contributed by atoms with van der Waals surface area (Å²) in [6, 6.07) is 15.8. The highest BCUT2D eigenvalue weighted by atomic mass is 32.2. The Morgan fingerprint density at radius 2 is 1.81 bits per heavy atom. The van der Waals surface area contributed by atoms with Crippen LogP contribution in [0.1, 0.15) is 17.4 Å². The molecule has 2 heterocycles. The zero-order valence-corrected chi connectivity index (χ0v) is 16.8. The van der Waals surface area contributed by atoms with Crippen molar-refractivity contribution in [2.45, 2.75) is 17.4 Å². The molecule has 8 heteroatoms. The maximum Gasteiger partial charge on any atom is 0.221 e. The lowest BCUT2D eigenvalue weighted by Crippen LogP contribution is -2.29. The van der Waals surface area contributed by atoms with Gasteiger partial charge in [0, 0.05) is 27.6 Å². The number of thiophene rings is 2. The molecule has 1 aromatic carbocycles. The average Bonchev–Trinajstić information content (AvgIpc) is 3.36. The van der Waals surface area contributed by atoms with Crippen LogP contribution in [0.2, 0.25) is 0 Å². The highest BCUT2D eigenvalue weighted by Gasteiger charge is 2.17. The minimum Gasteiger partial charge on any atom is -0.386 e. The molecule has 0 saturated carbocycles. The second kappa shape index (κ2) is 8.79. The molecule has 142 valence electrons. The van der Waals surface area contributed by atoms with Gasteiger partial charge in [0.05, 0.1) is 10.6 Å². The van der Waals surface area contributed by atoms with E-state index >= 15 is 0 Å². The second-order valence-corrected chi connectivity index (χ2v) is 10.1. The van der Waals surface area contributed by atoms with Gasteiger partial charge in [0.25, 0.3) is 0 Å². The van der Waals surface area contributed by atoms with Gasteiger partial charge >= 0.3 is 0 Å². The van der Waals surface area contributed by atoms with Gasteiger partial charge in [0.2, 0.25) is 5.91 Å². The largest absolute Gasteiger partial charge is 0.386 e. The first-order valence-electron chi connectivity index (χ1n) is 8.32.